The SMILES string of the molecule is CC(C)S(=O)(=O)N1CCN(C(=O)C2CN(C(=O)c3ccco3)Cc3cccnc32)CC1. The average Bonchev–Trinajstić information content (AvgIpc) is 3.32. The van der Waals surface area contributed by atoms with Crippen molar-refractivity contribution in [2.24, 2.45) is 0 Å². The van der Waals surface area contributed by atoms with Crippen LogP contribution in [0.5, 0.6) is 0 Å². The number of carbonyl (C=O) groups excluding carboxylic acids is 2. The van der Waals surface area contributed by atoms with Crippen molar-refractivity contribution in [2.75, 3.05) is 32.7 Å². The van der Waals surface area contributed by atoms with Gasteiger partial charge >= 0.3 is 0 Å². The van der Waals surface area contributed by atoms with E-state index in [9.17, 15) is 18.0 Å². The Morgan fingerprint density at radius 2 is 1.84 bits per heavy atom. The third-order valence-corrected chi connectivity index (χ3v) is 8.12. The number of nitrogens with zero attached hydrogens (tertiary/aromatic N) is 4. The first-order chi connectivity index (χ1) is 14.8. The predicted molar refractivity (Wildman–Crippen MR) is 113 cm³/mol. The normalized spacial score (nSPS) is 20.0. The van der Waals surface area contributed by atoms with Gasteiger partial charge in [-0.25, -0.2) is 8.42 Å². The van der Waals surface area contributed by atoms with Crippen LogP contribution in [0.4, 0.5) is 0 Å². The molecule has 4 rings (SSSR count). The van der Waals surface area contributed by atoms with E-state index in [4.69, 9.17) is 4.42 Å². The molecule has 0 radical (unpaired) electrons. The second-order valence-electron chi connectivity index (χ2n) is 8.08. The first-order valence-corrected chi connectivity index (χ1v) is 11.8. The van der Waals surface area contributed by atoms with Crippen molar-refractivity contribution in [3.8, 4) is 0 Å². The number of hydrogen-bond acceptors (Lipinski definition) is 6. The second kappa shape index (κ2) is 8.43. The van der Waals surface area contributed by atoms with Gasteiger partial charge in [0.05, 0.1) is 23.1 Å². The van der Waals surface area contributed by atoms with E-state index in [1.807, 2.05) is 6.07 Å². The molecule has 10 heteroatoms. The van der Waals surface area contributed by atoms with Gasteiger partial charge in [-0.15, -0.1) is 0 Å². The Balaban J connectivity index is 1.52. The molecule has 0 aromatic carbocycles. The minimum Gasteiger partial charge on any atom is -0.459 e. The minimum absolute atomic E-state index is 0.140. The summed E-state index contributed by atoms with van der Waals surface area (Å²) in [5, 5.41) is -0.495. The molecule has 4 heterocycles. The highest BCUT2D eigenvalue weighted by molar-refractivity contribution is 7.89. The van der Waals surface area contributed by atoms with Crippen LogP contribution in [0.15, 0.2) is 41.1 Å². The maximum Gasteiger partial charge on any atom is 0.289 e. The van der Waals surface area contributed by atoms with Crippen LogP contribution in [0.2, 0.25) is 0 Å². The molecule has 0 saturated carbocycles. The first-order valence-electron chi connectivity index (χ1n) is 10.3. The largest absolute Gasteiger partial charge is 0.459 e. The fraction of sp³-hybridized carbons (Fsp3) is 0.476. The summed E-state index contributed by atoms with van der Waals surface area (Å²) in [4.78, 5) is 34.0. The highest BCUT2D eigenvalue weighted by Crippen LogP contribution is 2.30. The van der Waals surface area contributed by atoms with Crippen molar-refractivity contribution in [3.63, 3.8) is 0 Å². The van der Waals surface area contributed by atoms with Gasteiger partial charge in [-0.1, -0.05) is 6.07 Å². The molecule has 1 saturated heterocycles. The van der Waals surface area contributed by atoms with Gasteiger partial charge in [0.1, 0.15) is 0 Å². The summed E-state index contributed by atoms with van der Waals surface area (Å²) in [5.41, 5.74) is 1.50. The zero-order valence-corrected chi connectivity index (χ0v) is 18.4. The zero-order valence-electron chi connectivity index (χ0n) is 17.6. The molecule has 1 fully saturated rings. The Bertz CT molecular complexity index is 1060. The van der Waals surface area contributed by atoms with Crippen LogP contribution in [0.3, 0.4) is 0 Å². The Morgan fingerprint density at radius 3 is 2.48 bits per heavy atom. The molecule has 0 spiro atoms. The van der Waals surface area contributed by atoms with Crippen molar-refractivity contribution in [3.05, 3.63) is 53.7 Å². The van der Waals surface area contributed by atoms with E-state index in [0.717, 1.165) is 5.56 Å². The number of aromatic nitrogens is 1. The molecule has 2 aromatic rings. The fourth-order valence-corrected chi connectivity index (χ4v) is 5.33. The number of rotatable bonds is 4. The van der Waals surface area contributed by atoms with Crippen LogP contribution in [0, 0.1) is 0 Å². The Hall–Kier alpha value is -2.72. The molecule has 0 aliphatic carbocycles. The van der Waals surface area contributed by atoms with Crippen LogP contribution in [-0.2, 0) is 21.4 Å². The zero-order chi connectivity index (χ0) is 22.2. The van der Waals surface area contributed by atoms with Crippen LogP contribution >= 0.6 is 0 Å². The van der Waals surface area contributed by atoms with Crippen molar-refractivity contribution < 1.29 is 22.4 Å². The Morgan fingerprint density at radius 1 is 1.10 bits per heavy atom. The predicted octanol–water partition coefficient (Wildman–Crippen LogP) is 1.30. The third kappa shape index (κ3) is 4.09. The Kier molecular flexibility index (Phi) is 5.85. The Labute approximate surface area is 181 Å². The third-order valence-electron chi connectivity index (χ3n) is 5.84. The maximum atomic E-state index is 13.4. The highest BCUT2D eigenvalue weighted by atomic mass is 32.2. The van der Waals surface area contributed by atoms with Crippen molar-refractivity contribution in [1.82, 2.24) is 19.1 Å². The molecule has 2 aromatic heterocycles. The monoisotopic (exact) mass is 446 g/mol. The summed E-state index contributed by atoms with van der Waals surface area (Å²) in [7, 11) is -3.35. The molecule has 2 aliphatic rings. The van der Waals surface area contributed by atoms with Gasteiger partial charge in [-0.2, -0.15) is 4.31 Å². The van der Waals surface area contributed by atoms with Gasteiger partial charge in [0.15, 0.2) is 5.76 Å². The molecular weight excluding hydrogens is 420 g/mol. The summed E-state index contributed by atoms with van der Waals surface area (Å²) >= 11 is 0. The van der Waals surface area contributed by atoms with Crippen LogP contribution in [0.25, 0.3) is 0 Å². The van der Waals surface area contributed by atoms with Crippen LogP contribution < -0.4 is 0 Å². The molecule has 1 unspecified atom stereocenters. The quantitative estimate of drug-likeness (QED) is 0.701. The number of hydrogen-bond donors (Lipinski definition) is 0. The van der Waals surface area contributed by atoms with Crippen molar-refractivity contribution >= 4 is 21.8 Å². The van der Waals surface area contributed by atoms with E-state index in [1.54, 1.807) is 48.0 Å². The lowest BCUT2D eigenvalue weighted by molar-refractivity contribution is -0.134. The number of sulfonamides is 1. The van der Waals surface area contributed by atoms with Crippen LogP contribution in [-0.4, -0.2) is 77.3 Å². The number of furan rings is 1. The van der Waals surface area contributed by atoms with E-state index in [-0.39, 0.29) is 37.2 Å². The lowest BCUT2D eigenvalue weighted by atomic mass is 9.93. The van der Waals surface area contributed by atoms with Crippen LogP contribution in [0.1, 0.15) is 41.6 Å². The van der Waals surface area contributed by atoms with Gasteiger partial charge in [0.25, 0.3) is 5.91 Å². The molecule has 2 amide bonds. The van der Waals surface area contributed by atoms with Gasteiger partial charge in [-0.05, 0) is 37.6 Å². The number of amides is 2. The number of piperazine rings is 1. The number of pyridine rings is 1. The van der Waals surface area contributed by atoms with Gasteiger partial charge in [0.2, 0.25) is 15.9 Å². The smallest absolute Gasteiger partial charge is 0.289 e. The van der Waals surface area contributed by atoms with E-state index in [2.05, 4.69) is 4.98 Å². The number of fused-ring (bicyclic) bond motifs is 1. The summed E-state index contributed by atoms with van der Waals surface area (Å²) < 4.78 is 31.5. The van der Waals surface area contributed by atoms with Gasteiger partial charge < -0.3 is 14.2 Å². The van der Waals surface area contributed by atoms with E-state index in [1.165, 1.54) is 10.6 Å². The molecule has 166 valence electrons. The molecule has 1 atom stereocenters. The van der Waals surface area contributed by atoms with Crippen molar-refractivity contribution in [2.45, 2.75) is 31.6 Å². The van der Waals surface area contributed by atoms with Gasteiger partial charge in [0, 0.05) is 45.5 Å². The summed E-state index contributed by atoms with van der Waals surface area (Å²) in [6.45, 7) is 5.03. The lowest BCUT2D eigenvalue weighted by Gasteiger charge is -2.39. The molecule has 0 N–H and O–H groups in total. The molecule has 31 heavy (non-hydrogen) atoms. The van der Waals surface area contributed by atoms with E-state index in [0.29, 0.717) is 25.3 Å². The van der Waals surface area contributed by atoms with E-state index < -0.39 is 21.2 Å². The summed E-state index contributed by atoms with van der Waals surface area (Å²) in [6, 6.07) is 6.92. The van der Waals surface area contributed by atoms with Crippen molar-refractivity contribution in [1.29, 1.82) is 0 Å². The van der Waals surface area contributed by atoms with E-state index >= 15 is 0 Å². The summed E-state index contributed by atoms with van der Waals surface area (Å²) in [5.74, 6) is -0.785. The molecule has 2 aliphatic heterocycles. The minimum atomic E-state index is -3.35. The standard InChI is InChI=1S/C21H26N4O5S/c1-15(2)31(28,29)25-10-8-23(9-11-25)20(26)17-14-24(21(27)18-6-4-12-30-18)13-16-5-3-7-22-19(16)17/h3-7,12,15,17H,8-11,13-14H2,1-2H3. The molecule has 0 bridgehead atoms. The first kappa shape index (κ1) is 21.5. The summed E-state index contributed by atoms with van der Waals surface area (Å²) in [6.07, 6.45) is 3.09. The fourth-order valence-electron chi connectivity index (χ4n) is 4.06. The maximum absolute atomic E-state index is 13.4. The molecule has 9 nitrogen and oxygen atoms in total. The average molecular weight is 447 g/mol. The second-order valence-corrected chi connectivity index (χ2v) is 10.6. The number of carbonyl (C=O) groups is 2. The highest BCUT2D eigenvalue weighted by Gasteiger charge is 2.38. The topological polar surface area (TPSA) is 104 Å². The van der Waals surface area contributed by atoms with Gasteiger partial charge in [-0.3, -0.25) is 14.6 Å². The lowest BCUT2D eigenvalue weighted by Crippen LogP contribution is -2.54. The molecular formula is C21H26N4O5S.